The highest BCUT2D eigenvalue weighted by molar-refractivity contribution is 7.58. The Morgan fingerprint density at radius 3 is 2.12 bits per heavy atom. The number of nitrogens with zero attached hydrogens (tertiary/aromatic N) is 1. The molecule has 0 saturated carbocycles. The lowest BCUT2D eigenvalue weighted by Gasteiger charge is -2.22. The molecule has 1 aliphatic rings. The van der Waals surface area contributed by atoms with E-state index < -0.39 is 12.3 Å². The maximum Gasteiger partial charge on any atom is 0.373 e. The molecule has 140 valence electrons. The lowest BCUT2D eigenvalue weighted by atomic mass is 10.1. The Labute approximate surface area is 159 Å². The molecule has 2 atom stereocenters. The van der Waals surface area contributed by atoms with Crippen molar-refractivity contribution in [2.45, 2.75) is 24.6 Å². The van der Waals surface area contributed by atoms with Crippen molar-refractivity contribution in [3.63, 3.8) is 0 Å². The fraction of sp³-hybridized carbons (Fsp3) is 0.368. The fourth-order valence-electron chi connectivity index (χ4n) is 3.16. The van der Waals surface area contributed by atoms with Gasteiger partial charge in [0.2, 0.25) is 4.74 Å². The van der Waals surface area contributed by atoms with Crippen LogP contribution in [-0.4, -0.2) is 25.1 Å². The van der Waals surface area contributed by atoms with Gasteiger partial charge in [0.25, 0.3) is 0 Å². The molecule has 0 amide bonds. The summed E-state index contributed by atoms with van der Waals surface area (Å²) in [5.74, 6) is 0.749. The van der Waals surface area contributed by atoms with Crippen LogP contribution in [0.25, 0.3) is 0 Å². The number of rotatable bonds is 8. The molecule has 1 aliphatic heterocycles. The summed E-state index contributed by atoms with van der Waals surface area (Å²) in [6, 6.07) is 16.9. The molecule has 2 unspecified atom stereocenters. The van der Waals surface area contributed by atoms with Gasteiger partial charge in [-0.25, -0.2) is 0 Å². The standard InChI is InChI=1S/C19H23ClNO4P/c1-4-24-26(22,25-5-2)19(20)18(15-11-13-17(23-3)14-12-15)21(19)16-9-7-6-8-10-16/h6-14,18H,4-5H2,1-3H3. The van der Waals surface area contributed by atoms with E-state index in [0.29, 0.717) is 0 Å². The molecule has 26 heavy (non-hydrogen) atoms. The summed E-state index contributed by atoms with van der Waals surface area (Å²) in [5.41, 5.74) is 1.78. The normalized spacial score (nSPS) is 22.3. The monoisotopic (exact) mass is 395 g/mol. The van der Waals surface area contributed by atoms with E-state index in [-0.39, 0.29) is 19.3 Å². The molecule has 7 heteroatoms. The van der Waals surface area contributed by atoms with E-state index in [9.17, 15) is 4.57 Å². The van der Waals surface area contributed by atoms with E-state index in [1.54, 1.807) is 21.0 Å². The van der Waals surface area contributed by atoms with Crippen LogP contribution in [0.1, 0.15) is 25.5 Å². The number of hydrogen-bond acceptors (Lipinski definition) is 5. The van der Waals surface area contributed by atoms with Crippen molar-refractivity contribution in [1.82, 2.24) is 0 Å². The van der Waals surface area contributed by atoms with E-state index in [1.165, 1.54) is 0 Å². The molecule has 5 nitrogen and oxygen atoms in total. The van der Waals surface area contributed by atoms with E-state index in [0.717, 1.165) is 17.0 Å². The summed E-state index contributed by atoms with van der Waals surface area (Å²) < 4.78 is 28.6. The van der Waals surface area contributed by atoms with Crippen LogP contribution in [0.3, 0.4) is 0 Å². The van der Waals surface area contributed by atoms with E-state index >= 15 is 0 Å². The number of hydrogen-bond donors (Lipinski definition) is 0. The quantitative estimate of drug-likeness (QED) is 0.258. The second kappa shape index (κ2) is 7.61. The molecule has 0 N–H and O–H groups in total. The third-order valence-corrected chi connectivity index (χ3v) is 7.76. The van der Waals surface area contributed by atoms with Crippen LogP contribution in [0.4, 0.5) is 5.69 Å². The molecule has 0 bridgehead atoms. The van der Waals surface area contributed by atoms with Crippen LogP contribution < -0.4 is 9.64 Å². The van der Waals surface area contributed by atoms with Gasteiger partial charge in [-0.05, 0) is 43.7 Å². The average molecular weight is 396 g/mol. The number of ether oxygens (including phenoxy) is 1. The Balaban J connectivity index is 2.05. The van der Waals surface area contributed by atoms with Crippen molar-refractivity contribution < 1.29 is 18.3 Å². The van der Waals surface area contributed by atoms with Crippen molar-refractivity contribution in [1.29, 1.82) is 0 Å². The van der Waals surface area contributed by atoms with E-state index in [4.69, 9.17) is 25.4 Å². The number of benzene rings is 2. The Morgan fingerprint density at radius 2 is 1.62 bits per heavy atom. The maximum atomic E-state index is 13.5. The zero-order valence-corrected chi connectivity index (χ0v) is 16.7. The largest absolute Gasteiger partial charge is 0.497 e. The first-order chi connectivity index (χ1) is 12.5. The molecule has 3 rings (SSSR count). The summed E-state index contributed by atoms with van der Waals surface area (Å²) in [6.45, 7) is 4.07. The first-order valence-corrected chi connectivity index (χ1v) is 10.5. The highest BCUT2D eigenvalue weighted by Gasteiger charge is 2.75. The maximum absolute atomic E-state index is 13.5. The molecule has 0 spiro atoms. The van der Waals surface area contributed by atoms with Gasteiger partial charge in [-0.15, -0.1) is 0 Å². The van der Waals surface area contributed by atoms with Gasteiger partial charge in [-0.2, -0.15) is 0 Å². The summed E-state index contributed by atoms with van der Waals surface area (Å²) in [7, 11) is -1.98. The first kappa shape index (κ1) is 19.2. The number of methoxy groups -OCH3 is 1. The van der Waals surface area contributed by atoms with Crippen molar-refractivity contribution in [3.8, 4) is 5.75 Å². The van der Waals surface area contributed by atoms with Crippen molar-refractivity contribution >= 4 is 24.9 Å². The van der Waals surface area contributed by atoms with Gasteiger partial charge >= 0.3 is 7.60 Å². The predicted octanol–water partition coefficient (Wildman–Crippen LogP) is 5.42. The van der Waals surface area contributed by atoms with Gasteiger partial charge < -0.3 is 18.7 Å². The van der Waals surface area contributed by atoms with Gasteiger partial charge in [0.1, 0.15) is 11.8 Å². The highest BCUT2D eigenvalue weighted by Crippen LogP contribution is 2.79. The highest BCUT2D eigenvalue weighted by atomic mass is 35.5. The molecule has 2 aromatic rings. The third kappa shape index (κ3) is 3.14. The topological polar surface area (TPSA) is 47.8 Å². The molecule has 1 saturated heterocycles. The minimum absolute atomic E-state index is 0.254. The van der Waals surface area contributed by atoms with Crippen LogP contribution in [-0.2, 0) is 13.6 Å². The summed E-state index contributed by atoms with van der Waals surface area (Å²) in [6.07, 6.45) is 0. The Morgan fingerprint density at radius 1 is 1.04 bits per heavy atom. The minimum atomic E-state index is -3.59. The molecule has 0 aliphatic carbocycles. The third-order valence-electron chi connectivity index (χ3n) is 4.32. The van der Waals surface area contributed by atoms with Crippen LogP contribution in [0.5, 0.6) is 5.75 Å². The van der Waals surface area contributed by atoms with Gasteiger partial charge in [0.05, 0.1) is 20.3 Å². The first-order valence-electron chi connectivity index (χ1n) is 8.58. The van der Waals surface area contributed by atoms with Crippen LogP contribution in [0.15, 0.2) is 54.6 Å². The lowest BCUT2D eigenvalue weighted by molar-refractivity contribution is 0.216. The fourth-order valence-corrected chi connectivity index (χ4v) is 5.94. The zero-order chi connectivity index (χ0) is 18.8. The molecule has 0 aromatic heterocycles. The van der Waals surface area contributed by atoms with Gasteiger partial charge in [0.15, 0.2) is 0 Å². The van der Waals surface area contributed by atoms with E-state index in [2.05, 4.69) is 0 Å². The predicted molar refractivity (Wildman–Crippen MR) is 104 cm³/mol. The number of alkyl halides is 1. The Kier molecular flexibility index (Phi) is 5.64. The molecular formula is C19H23ClNO4P. The van der Waals surface area contributed by atoms with Gasteiger partial charge in [-0.3, -0.25) is 4.57 Å². The molecule has 1 fully saturated rings. The van der Waals surface area contributed by atoms with Crippen molar-refractivity contribution in [3.05, 3.63) is 60.2 Å². The van der Waals surface area contributed by atoms with Gasteiger partial charge in [0, 0.05) is 5.69 Å². The van der Waals surface area contributed by atoms with Crippen LogP contribution >= 0.6 is 19.2 Å². The van der Waals surface area contributed by atoms with E-state index in [1.807, 2.05) is 59.5 Å². The zero-order valence-electron chi connectivity index (χ0n) is 15.1. The lowest BCUT2D eigenvalue weighted by Crippen LogP contribution is -2.15. The summed E-state index contributed by atoms with van der Waals surface area (Å²) in [4.78, 5) is 1.89. The average Bonchev–Trinajstić information content (AvgIpc) is 3.31. The minimum Gasteiger partial charge on any atom is -0.497 e. The Bertz CT molecular complexity index is 776. The molecule has 0 radical (unpaired) electrons. The summed E-state index contributed by atoms with van der Waals surface area (Å²) in [5, 5.41) is 0. The van der Waals surface area contributed by atoms with Crippen molar-refractivity contribution in [2.24, 2.45) is 0 Å². The molecular weight excluding hydrogens is 373 g/mol. The number of anilines is 1. The Hall–Kier alpha value is -1.52. The van der Waals surface area contributed by atoms with Crippen molar-refractivity contribution in [2.75, 3.05) is 25.2 Å². The molecule has 1 heterocycles. The summed E-state index contributed by atoms with van der Waals surface area (Å²) >= 11 is 6.97. The van der Waals surface area contributed by atoms with Crippen LogP contribution in [0.2, 0.25) is 0 Å². The number of para-hydroxylation sites is 1. The second-order valence-electron chi connectivity index (χ2n) is 5.85. The smallest absolute Gasteiger partial charge is 0.373 e. The molecule has 2 aromatic carbocycles. The SMILES string of the molecule is CCOP(=O)(OCC)C1(Cl)C(c2ccc(OC)cc2)N1c1ccccc1. The second-order valence-corrected chi connectivity index (χ2v) is 8.88. The van der Waals surface area contributed by atoms with Crippen LogP contribution in [0, 0.1) is 0 Å². The van der Waals surface area contributed by atoms with Gasteiger partial charge in [-0.1, -0.05) is 41.9 Å². The number of halogens is 1.